The largest absolute Gasteiger partial charge is 0.393 e. The number of anilines is 3. The number of nitrogens with zero attached hydrogens (tertiary/aromatic N) is 2. The summed E-state index contributed by atoms with van der Waals surface area (Å²) in [5.41, 5.74) is 9.38. The fraction of sp³-hybridized carbons (Fsp3) is 0.515. The van der Waals surface area contributed by atoms with Crippen LogP contribution in [0.25, 0.3) is 0 Å². The summed E-state index contributed by atoms with van der Waals surface area (Å²) < 4.78 is 0. The third kappa shape index (κ3) is 10.7. The van der Waals surface area contributed by atoms with Gasteiger partial charge < -0.3 is 16.4 Å². The molecule has 5 nitrogen and oxygen atoms in total. The van der Waals surface area contributed by atoms with Crippen molar-refractivity contribution in [2.45, 2.75) is 103 Å². The standard InChI is InChI=1S/C33H49N5/c1-2-3-4-5-6-7-8-9-10-11-12-13-14-21-26-35-32-30(34)33(37-27-36-32)38-31(28-22-17-15-18-23-28)29-24-19-16-20-25-29/h15-20,22-25,27,31H,2-14,21,26,34H2,1H3,(H2,35,36,37,38). The van der Waals surface area contributed by atoms with Gasteiger partial charge in [0.1, 0.15) is 12.0 Å². The van der Waals surface area contributed by atoms with Gasteiger partial charge in [-0.15, -0.1) is 0 Å². The summed E-state index contributed by atoms with van der Waals surface area (Å²) in [5.74, 6) is 1.36. The lowest BCUT2D eigenvalue weighted by Gasteiger charge is -2.22. The van der Waals surface area contributed by atoms with E-state index in [9.17, 15) is 0 Å². The number of benzene rings is 2. The summed E-state index contributed by atoms with van der Waals surface area (Å²) in [6, 6.07) is 20.7. The molecule has 4 N–H and O–H groups in total. The van der Waals surface area contributed by atoms with E-state index in [1.54, 1.807) is 6.33 Å². The maximum Gasteiger partial charge on any atom is 0.155 e. The van der Waals surface area contributed by atoms with Crippen molar-refractivity contribution < 1.29 is 0 Å². The van der Waals surface area contributed by atoms with Gasteiger partial charge in [-0.3, -0.25) is 0 Å². The molecule has 3 aromatic rings. The molecule has 0 amide bonds. The van der Waals surface area contributed by atoms with E-state index in [0.717, 1.165) is 24.1 Å². The highest BCUT2D eigenvalue weighted by Gasteiger charge is 2.17. The molecule has 0 aliphatic heterocycles. The van der Waals surface area contributed by atoms with E-state index in [-0.39, 0.29) is 6.04 Å². The van der Waals surface area contributed by atoms with Crippen molar-refractivity contribution in [3.63, 3.8) is 0 Å². The molecule has 0 bridgehead atoms. The average molecular weight is 516 g/mol. The van der Waals surface area contributed by atoms with Crippen LogP contribution in [0.5, 0.6) is 0 Å². The lowest BCUT2D eigenvalue weighted by molar-refractivity contribution is 0.537. The first kappa shape index (κ1) is 29.5. The Morgan fingerprint density at radius 2 is 1.05 bits per heavy atom. The number of nitrogen functional groups attached to an aromatic ring is 1. The SMILES string of the molecule is CCCCCCCCCCCCCCCCNc1ncnc(NC(c2ccccc2)c2ccccc2)c1N. The predicted octanol–water partition coefficient (Wildman–Crippen LogP) is 9.15. The summed E-state index contributed by atoms with van der Waals surface area (Å²) in [5, 5.41) is 6.99. The molecule has 3 rings (SSSR count). The van der Waals surface area contributed by atoms with Crippen LogP contribution in [0.3, 0.4) is 0 Å². The molecular weight excluding hydrogens is 466 g/mol. The zero-order chi connectivity index (χ0) is 26.7. The quantitative estimate of drug-likeness (QED) is 0.131. The van der Waals surface area contributed by atoms with Crippen LogP contribution in [0, 0.1) is 0 Å². The highest BCUT2D eigenvalue weighted by molar-refractivity contribution is 5.74. The molecule has 38 heavy (non-hydrogen) atoms. The highest BCUT2D eigenvalue weighted by atomic mass is 15.1. The minimum atomic E-state index is -0.0479. The minimum Gasteiger partial charge on any atom is -0.393 e. The van der Waals surface area contributed by atoms with Crippen molar-refractivity contribution in [2.75, 3.05) is 22.9 Å². The molecular formula is C33H49N5. The van der Waals surface area contributed by atoms with Gasteiger partial charge >= 0.3 is 0 Å². The third-order valence-electron chi connectivity index (χ3n) is 7.25. The van der Waals surface area contributed by atoms with E-state index in [2.05, 4.69) is 76.1 Å². The maximum absolute atomic E-state index is 6.50. The molecule has 0 aliphatic carbocycles. The van der Waals surface area contributed by atoms with Crippen LogP contribution < -0.4 is 16.4 Å². The molecule has 2 aromatic carbocycles. The molecule has 0 saturated heterocycles. The van der Waals surface area contributed by atoms with Gasteiger partial charge in [0.2, 0.25) is 0 Å². The molecule has 206 valence electrons. The van der Waals surface area contributed by atoms with E-state index in [4.69, 9.17) is 5.73 Å². The molecule has 1 aromatic heterocycles. The molecule has 0 unspecified atom stereocenters. The normalized spacial score (nSPS) is 11.1. The van der Waals surface area contributed by atoms with Gasteiger partial charge in [-0.1, -0.05) is 151 Å². The fourth-order valence-electron chi connectivity index (χ4n) is 4.96. The highest BCUT2D eigenvalue weighted by Crippen LogP contribution is 2.30. The molecule has 0 saturated carbocycles. The van der Waals surface area contributed by atoms with Crippen molar-refractivity contribution in [3.05, 3.63) is 78.1 Å². The second-order valence-corrected chi connectivity index (χ2v) is 10.4. The van der Waals surface area contributed by atoms with Crippen molar-refractivity contribution in [1.82, 2.24) is 9.97 Å². The molecule has 0 radical (unpaired) electrons. The van der Waals surface area contributed by atoms with Crippen molar-refractivity contribution >= 4 is 17.3 Å². The molecule has 0 aliphatic rings. The number of nitrogens with one attached hydrogen (secondary N) is 2. The lowest BCUT2D eigenvalue weighted by atomic mass is 9.99. The Bertz CT molecular complexity index is 953. The van der Waals surface area contributed by atoms with Gasteiger partial charge in [0.05, 0.1) is 6.04 Å². The summed E-state index contributed by atoms with van der Waals surface area (Å²) in [7, 11) is 0. The Hall–Kier alpha value is -3.08. The second kappa shape index (κ2) is 18.2. The number of rotatable bonds is 20. The number of hydrogen-bond acceptors (Lipinski definition) is 5. The maximum atomic E-state index is 6.50. The van der Waals surface area contributed by atoms with Crippen LogP contribution in [-0.2, 0) is 0 Å². The summed E-state index contributed by atoms with van der Waals surface area (Å²) in [6.07, 6.45) is 20.7. The Morgan fingerprint density at radius 1 is 0.605 bits per heavy atom. The minimum absolute atomic E-state index is 0.0479. The van der Waals surface area contributed by atoms with Gasteiger partial charge in [0.25, 0.3) is 0 Å². The summed E-state index contributed by atoms with van der Waals surface area (Å²) in [4.78, 5) is 8.87. The predicted molar refractivity (Wildman–Crippen MR) is 164 cm³/mol. The van der Waals surface area contributed by atoms with Gasteiger partial charge in [-0.2, -0.15) is 0 Å². The Balaban J connectivity index is 1.35. The molecule has 5 heteroatoms. The van der Waals surface area contributed by atoms with E-state index >= 15 is 0 Å². The van der Waals surface area contributed by atoms with Crippen LogP contribution in [0.2, 0.25) is 0 Å². The van der Waals surface area contributed by atoms with Crippen LogP contribution in [0.1, 0.15) is 114 Å². The van der Waals surface area contributed by atoms with Gasteiger partial charge in [-0.05, 0) is 17.5 Å². The number of unbranched alkanes of at least 4 members (excludes halogenated alkanes) is 13. The zero-order valence-corrected chi connectivity index (χ0v) is 23.5. The molecule has 0 atom stereocenters. The van der Waals surface area contributed by atoms with Crippen molar-refractivity contribution in [2.24, 2.45) is 0 Å². The Labute approximate surface area is 231 Å². The van der Waals surface area contributed by atoms with Gasteiger partial charge in [-0.25, -0.2) is 9.97 Å². The van der Waals surface area contributed by atoms with Gasteiger partial charge in [0.15, 0.2) is 11.6 Å². The Kier molecular flexibility index (Phi) is 14.1. The fourth-order valence-corrected chi connectivity index (χ4v) is 4.96. The van der Waals surface area contributed by atoms with Crippen molar-refractivity contribution in [1.29, 1.82) is 0 Å². The summed E-state index contributed by atoms with van der Waals surface area (Å²) >= 11 is 0. The zero-order valence-electron chi connectivity index (χ0n) is 23.5. The van der Waals surface area contributed by atoms with Crippen LogP contribution in [0.15, 0.2) is 67.0 Å². The van der Waals surface area contributed by atoms with Crippen LogP contribution >= 0.6 is 0 Å². The Morgan fingerprint density at radius 3 is 1.55 bits per heavy atom. The number of aromatic nitrogens is 2. The smallest absolute Gasteiger partial charge is 0.155 e. The van der Waals surface area contributed by atoms with E-state index < -0.39 is 0 Å². The average Bonchev–Trinajstić information content (AvgIpc) is 2.96. The van der Waals surface area contributed by atoms with Crippen LogP contribution in [0.4, 0.5) is 17.3 Å². The molecule has 0 fully saturated rings. The first-order valence-electron chi connectivity index (χ1n) is 15.0. The number of hydrogen-bond donors (Lipinski definition) is 3. The van der Waals surface area contributed by atoms with Crippen molar-refractivity contribution in [3.8, 4) is 0 Å². The summed E-state index contributed by atoms with van der Waals surface area (Å²) in [6.45, 7) is 3.16. The van der Waals surface area contributed by atoms with Crippen LogP contribution in [-0.4, -0.2) is 16.5 Å². The number of nitrogens with two attached hydrogens (primary N) is 1. The lowest BCUT2D eigenvalue weighted by Crippen LogP contribution is -2.16. The van der Waals surface area contributed by atoms with E-state index in [0.29, 0.717) is 17.3 Å². The first-order valence-corrected chi connectivity index (χ1v) is 15.0. The molecule has 0 spiro atoms. The molecule has 1 heterocycles. The van der Waals surface area contributed by atoms with E-state index in [1.807, 2.05) is 12.1 Å². The van der Waals surface area contributed by atoms with Gasteiger partial charge in [0, 0.05) is 6.54 Å². The second-order valence-electron chi connectivity index (χ2n) is 10.4. The third-order valence-corrected chi connectivity index (χ3v) is 7.25. The first-order chi connectivity index (χ1) is 18.8. The van der Waals surface area contributed by atoms with E-state index in [1.165, 1.54) is 83.5 Å². The monoisotopic (exact) mass is 515 g/mol. The topological polar surface area (TPSA) is 75.9 Å².